The summed E-state index contributed by atoms with van der Waals surface area (Å²) in [6.07, 6.45) is 5.23. The van der Waals surface area contributed by atoms with E-state index in [0.717, 1.165) is 40.0 Å². The molecular weight excluding hydrogens is 410 g/mol. The number of rotatable bonds is 7. The van der Waals surface area contributed by atoms with Crippen LogP contribution < -0.4 is 10.6 Å². The zero-order chi connectivity index (χ0) is 22.6. The van der Waals surface area contributed by atoms with E-state index in [0.29, 0.717) is 23.6 Å². The predicted molar refractivity (Wildman–Crippen MR) is 130 cm³/mol. The zero-order valence-electron chi connectivity index (χ0n) is 18.2. The van der Waals surface area contributed by atoms with Crippen LogP contribution in [0.1, 0.15) is 22.5 Å². The van der Waals surface area contributed by atoms with Gasteiger partial charge in [0, 0.05) is 41.7 Å². The van der Waals surface area contributed by atoms with Gasteiger partial charge in [0.15, 0.2) is 0 Å². The maximum Gasteiger partial charge on any atom is 0.138 e. The molecule has 3 aromatic heterocycles. The number of aromatic amines is 1. The van der Waals surface area contributed by atoms with Gasteiger partial charge in [0.2, 0.25) is 0 Å². The van der Waals surface area contributed by atoms with Crippen molar-refractivity contribution in [2.45, 2.75) is 20.0 Å². The topological polar surface area (TPSA) is 89.7 Å². The summed E-state index contributed by atoms with van der Waals surface area (Å²) in [4.78, 5) is 7.50. The number of nitrogens with one attached hydrogen (secondary N) is 3. The molecule has 0 bridgehead atoms. The van der Waals surface area contributed by atoms with E-state index in [4.69, 9.17) is 4.42 Å². The number of H-pyrrole nitrogens is 1. The molecule has 0 saturated heterocycles. The Morgan fingerprint density at radius 2 is 1.88 bits per heavy atom. The van der Waals surface area contributed by atoms with E-state index in [2.05, 4.69) is 51.8 Å². The molecule has 0 spiro atoms. The molecule has 0 amide bonds. The summed E-state index contributed by atoms with van der Waals surface area (Å²) in [7, 11) is 0. The molecule has 0 atom stereocenters. The lowest BCUT2D eigenvalue weighted by atomic mass is 10.1. The fraction of sp³-hybridized carbons (Fsp3) is 0.111. The monoisotopic (exact) mass is 433 g/mol. The van der Waals surface area contributed by atoms with E-state index in [9.17, 15) is 5.26 Å². The number of furan rings is 1. The van der Waals surface area contributed by atoms with Gasteiger partial charge in [-0.15, -0.1) is 0 Å². The molecular formula is C27H23N5O. The maximum atomic E-state index is 9.73. The number of aromatic nitrogens is 2. The zero-order valence-corrected chi connectivity index (χ0v) is 18.2. The SMILES string of the molecule is Cc1c(Nc2c(C#N)cncc2-c2ccc(CNCc3ccccc3)o2)ccc2[nH]ccc12. The van der Waals surface area contributed by atoms with Crippen molar-refractivity contribution in [2.75, 3.05) is 5.32 Å². The van der Waals surface area contributed by atoms with E-state index in [1.165, 1.54) is 5.56 Å². The number of anilines is 2. The molecule has 5 aromatic rings. The minimum atomic E-state index is 0.459. The van der Waals surface area contributed by atoms with E-state index in [1.807, 2.05) is 48.7 Å². The van der Waals surface area contributed by atoms with Crippen LogP contribution in [-0.2, 0) is 13.1 Å². The fourth-order valence-corrected chi connectivity index (χ4v) is 3.96. The molecule has 33 heavy (non-hydrogen) atoms. The second kappa shape index (κ2) is 9.03. The first-order valence-corrected chi connectivity index (χ1v) is 10.8. The lowest BCUT2D eigenvalue weighted by molar-refractivity contribution is 0.493. The van der Waals surface area contributed by atoms with Gasteiger partial charge >= 0.3 is 0 Å². The summed E-state index contributed by atoms with van der Waals surface area (Å²) in [5.41, 5.74) is 6.22. The van der Waals surface area contributed by atoms with Crippen molar-refractivity contribution in [3.8, 4) is 17.4 Å². The second-order valence-corrected chi connectivity index (χ2v) is 7.88. The van der Waals surface area contributed by atoms with Gasteiger partial charge in [-0.2, -0.15) is 5.26 Å². The molecule has 2 aromatic carbocycles. The Bertz CT molecular complexity index is 1440. The number of hydrogen-bond acceptors (Lipinski definition) is 5. The highest BCUT2D eigenvalue weighted by Gasteiger charge is 2.16. The molecule has 6 nitrogen and oxygen atoms in total. The normalized spacial score (nSPS) is 10.9. The Balaban J connectivity index is 1.41. The van der Waals surface area contributed by atoms with E-state index in [-0.39, 0.29) is 0 Å². The van der Waals surface area contributed by atoms with Gasteiger partial charge in [-0.1, -0.05) is 30.3 Å². The molecule has 0 aliphatic heterocycles. The van der Waals surface area contributed by atoms with Gasteiger partial charge in [-0.3, -0.25) is 4.98 Å². The lowest BCUT2D eigenvalue weighted by Gasteiger charge is -2.14. The van der Waals surface area contributed by atoms with Crippen LogP contribution in [0.3, 0.4) is 0 Å². The lowest BCUT2D eigenvalue weighted by Crippen LogP contribution is -2.11. The summed E-state index contributed by atoms with van der Waals surface area (Å²) in [5.74, 6) is 1.48. The number of benzene rings is 2. The number of nitrogens with zero attached hydrogens (tertiary/aromatic N) is 2. The van der Waals surface area contributed by atoms with Gasteiger partial charge in [0.1, 0.15) is 17.6 Å². The third kappa shape index (κ3) is 4.22. The van der Waals surface area contributed by atoms with Crippen molar-refractivity contribution in [1.29, 1.82) is 5.26 Å². The van der Waals surface area contributed by atoms with E-state index in [1.54, 1.807) is 12.4 Å². The average Bonchev–Trinajstić information content (AvgIpc) is 3.52. The molecule has 162 valence electrons. The third-order valence-electron chi connectivity index (χ3n) is 5.73. The van der Waals surface area contributed by atoms with Crippen LogP contribution in [0.2, 0.25) is 0 Å². The largest absolute Gasteiger partial charge is 0.460 e. The molecule has 0 radical (unpaired) electrons. The number of pyridine rings is 1. The minimum absolute atomic E-state index is 0.459. The van der Waals surface area contributed by atoms with Crippen molar-refractivity contribution < 1.29 is 4.42 Å². The summed E-state index contributed by atoms with van der Waals surface area (Å²) in [5, 5.41) is 17.7. The third-order valence-corrected chi connectivity index (χ3v) is 5.73. The van der Waals surface area contributed by atoms with Crippen molar-refractivity contribution in [1.82, 2.24) is 15.3 Å². The minimum Gasteiger partial charge on any atom is -0.460 e. The van der Waals surface area contributed by atoms with Crippen LogP contribution >= 0.6 is 0 Å². The standard InChI is InChI=1S/C27H23N5O/c1-18-22-11-12-31-25(22)9-8-24(18)32-27-20(13-28)15-30-17-23(27)26-10-7-21(33-26)16-29-14-19-5-3-2-4-6-19/h2-12,15,17,29,31H,14,16H2,1H3,(H,30,32). The summed E-state index contributed by atoms with van der Waals surface area (Å²) in [6, 6.07) is 22.5. The van der Waals surface area contributed by atoms with Crippen LogP contribution in [0, 0.1) is 18.3 Å². The first kappa shape index (κ1) is 20.6. The highest BCUT2D eigenvalue weighted by Crippen LogP contribution is 2.35. The van der Waals surface area contributed by atoms with Gasteiger partial charge in [0.25, 0.3) is 0 Å². The number of aryl methyl sites for hydroxylation is 1. The Morgan fingerprint density at radius 1 is 1.00 bits per heavy atom. The maximum absolute atomic E-state index is 9.73. The number of fused-ring (bicyclic) bond motifs is 1. The fourth-order valence-electron chi connectivity index (χ4n) is 3.96. The first-order chi connectivity index (χ1) is 16.2. The summed E-state index contributed by atoms with van der Waals surface area (Å²) < 4.78 is 6.12. The van der Waals surface area contributed by atoms with Crippen LogP contribution in [0.4, 0.5) is 11.4 Å². The Kier molecular flexibility index (Phi) is 5.62. The molecule has 6 heteroatoms. The van der Waals surface area contributed by atoms with Crippen LogP contribution in [0.5, 0.6) is 0 Å². The van der Waals surface area contributed by atoms with Crippen molar-refractivity contribution >= 4 is 22.3 Å². The smallest absolute Gasteiger partial charge is 0.138 e. The highest BCUT2D eigenvalue weighted by atomic mass is 16.3. The molecule has 3 heterocycles. The van der Waals surface area contributed by atoms with Crippen molar-refractivity contribution in [3.63, 3.8) is 0 Å². The summed E-state index contributed by atoms with van der Waals surface area (Å²) in [6.45, 7) is 3.43. The molecule has 0 unspecified atom stereocenters. The number of hydrogen-bond donors (Lipinski definition) is 3. The Morgan fingerprint density at radius 3 is 2.73 bits per heavy atom. The summed E-state index contributed by atoms with van der Waals surface area (Å²) >= 11 is 0. The van der Waals surface area contributed by atoms with Gasteiger partial charge in [-0.05, 0) is 48.4 Å². The van der Waals surface area contributed by atoms with Crippen LogP contribution in [-0.4, -0.2) is 9.97 Å². The molecule has 0 fully saturated rings. The van der Waals surface area contributed by atoms with Gasteiger partial charge in [0.05, 0.1) is 23.4 Å². The van der Waals surface area contributed by atoms with E-state index < -0.39 is 0 Å². The average molecular weight is 434 g/mol. The Labute approximate surface area is 191 Å². The van der Waals surface area contributed by atoms with Crippen LogP contribution in [0.15, 0.2) is 83.7 Å². The Hall–Kier alpha value is -4.34. The quantitative estimate of drug-likeness (QED) is 0.291. The predicted octanol–water partition coefficient (Wildman–Crippen LogP) is 6.04. The van der Waals surface area contributed by atoms with Gasteiger partial charge in [-0.25, -0.2) is 0 Å². The number of nitriles is 1. The van der Waals surface area contributed by atoms with Crippen molar-refractivity contribution in [3.05, 3.63) is 102 Å². The molecule has 0 aliphatic rings. The first-order valence-electron chi connectivity index (χ1n) is 10.8. The molecule has 5 rings (SSSR count). The second-order valence-electron chi connectivity index (χ2n) is 7.88. The highest BCUT2D eigenvalue weighted by molar-refractivity contribution is 5.91. The molecule has 3 N–H and O–H groups in total. The van der Waals surface area contributed by atoms with Crippen LogP contribution in [0.25, 0.3) is 22.2 Å². The molecule has 0 saturated carbocycles. The van der Waals surface area contributed by atoms with E-state index >= 15 is 0 Å². The molecule has 0 aliphatic carbocycles. The van der Waals surface area contributed by atoms with Crippen molar-refractivity contribution in [2.24, 2.45) is 0 Å². The van der Waals surface area contributed by atoms with Gasteiger partial charge < -0.3 is 20.0 Å².